The highest BCUT2D eigenvalue weighted by Gasteiger charge is 2.15. The molecule has 6 nitrogen and oxygen atoms in total. The summed E-state index contributed by atoms with van der Waals surface area (Å²) in [5, 5.41) is 25.7. The molecule has 1 amide bonds. The van der Waals surface area contributed by atoms with Gasteiger partial charge in [-0.05, 0) is 12.8 Å². The summed E-state index contributed by atoms with van der Waals surface area (Å²) in [5.41, 5.74) is 0. The highest BCUT2D eigenvalue weighted by molar-refractivity contribution is 5.81. The van der Waals surface area contributed by atoms with Gasteiger partial charge < -0.3 is 20.2 Å². The van der Waals surface area contributed by atoms with Crippen LogP contribution in [0.4, 0.5) is 0 Å². The average molecular weight is 219 g/mol. The molecule has 0 aliphatic carbocycles. The summed E-state index contributed by atoms with van der Waals surface area (Å²) >= 11 is 0. The summed E-state index contributed by atoms with van der Waals surface area (Å²) in [5.74, 6) is -1.38. The number of carbonyl (C=O) groups is 2. The zero-order valence-corrected chi connectivity index (χ0v) is 8.56. The van der Waals surface area contributed by atoms with Gasteiger partial charge in [0.05, 0.1) is 0 Å². The smallest absolute Gasteiger partial charge is 0.323 e. The van der Waals surface area contributed by atoms with Crippen LogP contribution >= 0.6 is 0 Å². The van der Waals surface area contributed by atoms with Crippen LogP contribution in [-0.4, -0.2) is 58.4 Å². The van der Waals surface area contributed by atoms with Crippen molar-refractivity contribution in [1.82, 2.24) is 4.90 Å². The molecule has 0 atom stereocenters. The van der Waals surface area contributed by atoms with Crippen LogP contribution in [0.25, 0.3) is 0 Å². The van der Waals surface area contributed by atoms with Crippen molar-refractivity contribution in [2.45, 2.75) is 19.3 Å². The molecule has 0 aromatic heterocycles. The Bertz CT molecular complexity index is 207. The van der Waals surface area contributed by atoms with Crippen LogP contribution in [0.1, 0.15) is 19.3 Å². The number of hydrogen-bond acceptors (Lipinski definition) is 4. The molecule has 0 bridgehead atoms. The van der Waals surface area contributed by atoms with Gasteiger partial charge in [-0.15, -0.1) is 0 Å². The van der Waals surface area contributed by atoms with Crippen molar-refractivity contribution in [2.75, 3.05) is 26.3 Å². The van der Waals surface area contributed by atoms with E-state index in [1.54, 1.807) is 0 Å². The van der Waals surface area contributed by atoms with E-state index in [0.29, 0.717) is 12.8 Å². The molecule has 88 valence electrons. The molecule has 0 saturated carbocycles. The van der Waals surface area contributed by atoms with Gasteiger partial charge >= 0.3 is 5.97 Å². The third-order valence-electron chi connectivity index (χ3n) is 1.81. The Morgan fingerprint density at radius 2 is 1.67 bits per heavy atom. The maximum atomic E-state index is 11.4. The van der Waals surface area contributed by atoms with E-state index in [1.165, 1.54) is 4.90 Å². The fourth-order valence-corrected chi connectivity index (χ4v) is 1.11. The van der Waals surface area contributed by atoms with E-state index < -0.39 is 5.97 Å². The first kappa shape index (κ1) is 13.9. The standard InChI is InChI=1S/C9H17NO5/c11-5-1-3-8(13)10(4-2-6-12)7-9(14)15/h11-12H,1-7H2,(H,14,15). The maximum absolute atomic E-state index is 11.4. The number of hydrogen-bond donors (Lipinski definition) is 3. The predicted molar refractivity (Wildman–Crippen MR) is 52.2 cm³/mol. The largest absolute Gasteiger partial charge is 0.480 e. The monoisotopic (exact) mass is 219 g/mol. The molecule has 0 aliphatic heterocycles. The van der Waals surface area contributed by atoms with Gasteiger partial charge in [0.1, 0.15) is 6.54 Å². The number of amides is 1. The number of nitrogens with zero attached hydrogens (tertiary/aromatic N) is 1. The first-order chi connectivity index (χ1) is 7.11. The fraction of sp³-hybridized carbons (Fsp3) is 0.778. The Morgan fingerprint density at radius 3 is 2.13 bits per heavy atom. The molecule has 0 radical (unpaired) electrons. The minimum atomic E-state index is -1.08. The molecule has 0 heterocycles. The van der Waals surface area contributed by atoms with E-state index in [1.807, 2.05) is 0 Å². The van der Waals surface area contributed by atoms with Crippen molar-refractivity contribution >= 4 is 11.9 Å². The van der Waals surface area contributed by atoms with Crippen molar-refractivity contribution in [3.63, 3.8) is 0 Å². The molecule has 0 aromatic carbocycles. The molecule has 0 rings (SSSR count). The van der Waals surface area contributed by atoms with E-state index in [0.717, 1.165) is 0 Å². The molecule has 0 fully saturated rings. The van der Waals surface area contributed by atoms with Crippen LogP contribution in [-0.2, 0) is 9.59 Å². The third-order valence-corrected chi connectivity index (χ3v) is 1.81. The van der Waals surface area contributed by atoms with Crippen LogP contribution in [0.15, 0.2) is 0 Å². The van der Waals surface area contributed by atoms with E-state index in [2.05, 4.69) is 0 Å². The van der Waals surface area contributed by atoms with Crippen LogP contribution in [0.5, 0.6) is 0 Å². The Balaban J connectivity index is 4.07. The quantitative estimate of drug-likeness (QED) is 0.489. The van der Waals surface area contributed by atoms with Gasteiger partial charge in [0, 0.05) is 26.2 Å². The summed E-state index contributed by atoms with van der Waals surface area (Å²) in [6, 6.07) is 0. The van der Waals surface area contributed by atoms with E-state index in [9.17, 15) is 9.59 Å². The normalized spacial score (nSPS) is 10.0. The number of aliphatic hydroxyl groups is 2. The number of carboxylic acid groups (broad SMARTS) is 1. The minimum absolute atomic E-state index is 0.0800. The number of aliphatic carboxylic acids is 1. The Labute approximate surface area is 88.1 Å². The van der Waals surface area contributed by atoms with Crippen molar-refractivity contribution in [3.05, 3.63) is 0 Å². The molecule has 15 heavy (non-hydrogen) atoms. The number of carbonyl (C=O) groups excluding carboxylic acids is 1. The average Bonchev–Trinajstić information content (AvgIpc) is 2.20. The first-order valence-corrected chi connectivity index (χ1v) is 4.83. The second-order valence-corrected chi connectivity index (χ2v) is 3.11. The third kappa shape index (κ3) is 6.87. The second kappa shape index (κ2) is 8.19. The van der Waals surface area contributed by atoms with Gasteiger partial charge in [0.25, 0.3) is 0 Å². The van der Waals surface area contributed by atoms with Gasteiger partial charge in [-0.1, -0.05) is 0 Å². The molecule has 0 aliphatic rings. The van der Waals surface area contributed by atoms with Gasteiger partial charge in [-0.3, -0.25) is 9.59 Å². The first-order valence-electron chi connectivity index (χ1n) is 4.83. The number of carboxylic acids is 1. The summed E-state index contributed by atoms with van der Waals surface area (Å²) < 4.78 is 0. The summed E-state index contributed by atoms with van der Waals surface area (Å²) in [6.45, 7) is -0.298. The van der Waals surface area contributed by atoms with Crippen LogP contribution in [0, 0.1) is 0 Å². The number of aliphatic hydroxyl groups excluding tert-OH is 2. The fourth-order valence-electron chi connectivity index (χ4n) is 1.11. The lowest BCUT2D eigenvalue weighted by Gasteiger charge is -2.19. The van der Waals surface area contributed by atoms with Crippen molar-refractivity contribution in [1.29, 1.82) is 0 Å². The SMILES string of the molecule is O=C(O)CN(CCCO)C(=O)CCCO. The van der Waals surface area contributed by atoms with Crippen LogP contribution < -0.4 is 0 Å². The summed E-state index contributed by atoms with van der Waals surface area (Å²) in [6.07, 6.45) is 0.821. The van der Waals surface area contributed by atoms with Crippen molar-refractivity contribution in [2.24, 2.45) is 0 Å². The predicted octanol–water partition coefficient (Wildman–Crippen LogP) is -0.946. The molecule has 6 heteroatoms. The van der Waals surface area contributed by atoms with Crippen LogP contribution in [0.3, 0.4) is 0 Å². The van der Waals surface area contributed by atoms with Crippen molar-refractivity contribution < 1.29 is 24.9 Å². The lowest BCUT2D eigenvalue weighted by atomic mass is 10.2. The highest BCUT2D eigenvalue weighted by atomic mass is 16.4. The Hall–Kier alpha value is -1.14. The van der Waals surface area contributed by atoms with E-state index in [4.69, 9.17) is 15.3 Å². The zero-order chi connectivity index (χ0) is 11.7. The highest BCUT2D eigenvalue weighted by Crippen LogP contribution is 1.99. The number of rotatable bonds is 8. The van der Waals surface area contributed by atoms with Gasteiger partial charge in [0.15, 0.2) is 0 Å². The lowest BCUT2D eigenvalue weighted by Crippen LogP contribution is -2.36. The van der Waals surface area contributed by atoms with Gasteiger partial charge in [-0.2, -0.15) is 0 Å². The second-order valence-electron chi connectivity index (χ2n) is 3.11. The Kier molecular flexibility index (Phi) is 7.57. The van der Waals surface area contributed by atoms with Gasteiger partial charge in [0.2, 0.25) is 5.91 Å². The van der Waals surface area contributed by atoms with Crippen molar-refractivity contribution in [3.8, 4) is 0 Å². The molecule has 0 spiro atoms. The van der Waals surface area contributed by atoms with Crippen LogP contribution in [0.2, 0.25) is 0 Å². The summed E-state index contributed by atoms with van der Waals surface area (Å²) in [7, 11) is 0. The molecule has 3 N–H and O–H groups in total. The minimum Gasteiger partial charge on any atom is -0.480 e. The zero-order valence-electron chi connectivity index (χ0n) is 8.56. The molecule has 0 saturated heterocycles. The lowest BCUT2D eigenvalue weighted by molar-refractivity contribution is -0.144. The molecule has 0 aromatic rings. The van der Waals surface area contributed by atoms with E-state index >= 15 is 0 Å². The molecule has 0 unspecified atom stereocenters. The Morgan fingerprint density at radius 1 is 1.07 bits per heavy atom. The van der Waals surface area contributed by atoms with E-state index in [-0.39, 0.29) is 38.6 Å². The van der Waals surface area contributed by atoms with Gasteiger partial charge in [-0.25, -0.2) is 0 Å². The molecular weight excluding hydrogens is 202 g/mol. The summed E-state index contributed by atoms with van der Waals surface area (Å²) in [4.78, 5) is 23.0. The molecular formula is C9H17NO5. The maximum Gasteiger partial charge on any atom is 0.323 e. The topological polar surface area (TPSA) is 98.1 Å².